The number of aromatic carboxylic acids is 1. The largest absolute Gasteiger partial charge is 0.477 e. The second kappa shape index (κ2) is 9.00. The molecule has 1 N–H and O–H groups in total. The molecule has 0 fully saturated rings. The Balaban J connectivity index is 1.93. The fraction of sp³-hybridized carbons (Fsp3) is 0.154. The van der Waals surface area contributed by atoms with Crippen LogP contribution >= 0.6 is 0 Å². The summed E-state index contributed by atoms with van der Waals surface area (Å²) in [6.45, 7) is -2.32. The Hall–Kier alpha value is -4.25. The van der Waals surface area contributed by atoms with Gasteiger partial charge in [0.15, 0.2) is 5.75 Å². The smallest absolute Gasteiger partial charge is 0.387 e. The van der Waals surface area contributed by atoms with Crippen molar-refractivity contribution in [3.63, 3.8) is 0 Å². The van der Waals surface area contributed by atoms with Gasteiger partial charge in [-0.15, -0.1) is 0 Å². The van der Waals surface area contributed by atoms with Gasteiger partial charge in [-0.1, -0.05) is 12.1 Å². The van der Waals surface area contributed by atoms with Gasteiger partial charge in [0.05, 0.1) is 16.6 Å². The van der Waals surface area contributed by atoms with Crippen LogP contribution in [0.1, 0.15) is 21.5 Å². The zero-order valence-electron chi connectivity index (χ0n) is 19.1. The molecular formula is C26H17F5N2O4. The molecule has 37 heavy (non-hydrogen) atoms. The molecule has 0 aliphatic carbocycles. The van der Waals surface area contributed by atoms with Crippen molar-refractivity contribution < 1.29 is 36.6 Å². The minimum Gasteiger partial charge on any atom is -0.477 e. The molecule has 0 amide bonds. The molecule has 0 spiro atoms. The summed E-state index contributed by atoms with van der Waals surface area (Å²) >= 11 is 0. The molecule has 1 aromatic heterocycles. The Bertz CT molecular complexity index is 1650. The Morgan fingerprint density at radius 1 is 1.00 bits per heavy atom. The summed E-state index contributed by atoms with van der Waals surface area (Å²) in [5.74, 6) is -5.78. The maximum absolute atomic E-state index is 15.6. The van der Waals surface area contributed by atoms with Gasteiger partial charge in [-0.25, -0.2) is 18.0 Å². The number of carboxylic acids is 1. The number of halogens is 5. The molecule has 5 rings (SSSR count). The minimum absolute atomic E-state index is 0.157. The lowest BCUT2D eigenvalue weighted by atomic mass is 9.97. The van der Waals surface area contributed by atoms with Gasteiger partial charge in [-0.05, 0) is 48.0 Å². The van der Waals surface area contributed by atoms with Crippen molar-refractivity contribution in [1.29, 1.82) is 0 Å². The molecule has 2 heterocycles. The Labute approximate surface area is 205 Å². The van der Waals surface area contributed by atoms with Crippen LogP contribution in [0.4, 0.5) is 22.0 Å². The third-order valence-electron chi connectivity index (χ3n) is 6.18. The number of ether oxygens (including phenoxy) is 1. The number of fused-ring (bicyclic) bond motifs is 2. The highest BCUT2D eigenvalue weighted by Crippen LogP contribution is 2.42. The van der Waals surface area contributed by atoms with Crippen LogP contribution in [0.25, 0.3) is 27.7 Å². The Morgan fingerprint density at radius 2 is 1.73 bits per heavy atom. The number of pyridine rings is 1. The molecule has 6 nitrogen and oxygen atoms in total. The van der Waals surface area contributed by atoms with E-state index in [0.717, 1.165) is 27.8 Å². The van der Waals surface area contributed by atoms with E-state index in [1.54, 1.807) is 12.1 Å². The zero-order chi connectivity index (χ0) is 26.6. The Morgan fingerprint density at radius 3 is 2.41 bits per heavy atom. The van der Waals surface area contributed by atoms with Gasteiger partial charge >= 0.3 is 12.6 Å². The van der Waals surface area contributed by atoms with Crippen molar-refractivity contribution in [3.05, 3.63) is 93.0 Å². The van der Waals surface area contributed by atoms with Crippen molar-refractivity contribution in [3.8, 4) is 22.6 Å². The number of nitrogens with zero attached hydrogens (tertiary/aromatic N) is 2. The predicted octanol–water partition coefficient (Wildman–Crippen LogP) is 5.32. The van der Waals surface area contributed by atoms with E-state index in [0.29, 0.717) is 31.4 Å². The van der Waals surface area contributed by atoms with E-state index >= 15 is 4.39 Å². The third kappa shape index (κ3) is 4.20. The van der Waals surface area contributed by atoms with Crippen molar-refractivity contribution >= 4 is 16.9 Å². The number of benzene rings is 3. The van der Waals surface area contributed by atoms with E-state index in [1.165, 1.54) is 6.07 Å². The third-order valence-corrected chi connectivity index (χ3v) is 6.18. The summed E-state index contributed by atoms with van der Waals surface area (Å²) in [5, 5.41) is 8.88. The maximum Gasteiger partial charge on any atom is 0.387 e. The molecule has 11 heteroatoms. The summed E-state index contributed by atoms with van der Waals surface area (Å²) in [5.41, 5.74) is -1.54. The van der Waals surface area contributed by atoms with Crippen LogP contribution in [-0.4, -0.2) is 34.2 Å². The fourth-order valence-corrected chi connectivity index (χ4v) is 4.64. The van der Waals surface area contributed by atoms with Crippen LogP contribution in [0.2, 0.25) is 0 Å². The number of rotatable bonds is 5. The van der Waals surface area contributed by atoms with Crippen LogP contribution < -0.4 is 10.2 Å². The van der Waals surface area contributed by atoms with E-state index in [-0.39, 0.29) is 5.56 Å². The molecular weight excluding hydrogens is 499 g/mol. The molecule has 1 aliphatic heterocycles. The summed E-state index contributed by atoms with van der Waals surface area (Å²) in [7, 11) is 1.87. The highest BCUT2D eigenvalue weighted by molar-refractivity contribution is 5.98. The topological polar surface area (TPSA) is 71.8 Å². The minimum atomic E-state index is -3.48. The molecule has 0 atom stereocenters. The average molecular weight is 516 g/mol. The first-order valence-corrected chi connectivity index (χ1v) is 10.9. The zero-order valence-corrected chi connectivity index (χ0v) is 19.1. The van der Waals surface area contributed by atoms with E-state index in [9.17, 15) is 32.3 Å². The SMILES string of the molecule is CN1Cc2ccc(-c3c(F)cc4c(=O)c(C(=O)O)cn(-c5ccc(F)cc5F)c4c3OC(F)F)cc2C1. The molecule has 1 aliphatic rings. The van der Waals surface area contributed by atoms with Crippen LogP contribution in [-0.2, 0) is 13.1 Å². The second-order valence-corrected chi connectivity index (χ2v) is 8.64. The van der Waals surface area contributed by atoms with Gasteiger partial charge < -0.3 is 14.4 Å². The number of aromatic nitrogens is 1. The number of carboxylic acid groups (broad SMARTS) is 1. The lowest BCUT2D eigenvalue weighted by Crippen LogP contribution is -2.20. The molecule has 0 saturated carbocycles. The van der Waals surface area contributed by atoms with Crippen molar-refractivity contribution in [2.45, 2.75) is 19.7 Å². The van der Waals surface area contributed by atoms with E-state index < -0.39 is 68.9 Å². The van der Waals surface area contributed by atoms with Gasteiger partial charge in [0.2, 0.25) is 5.43 Å². The summed E-state index contributed by atoms with van der Waals surface area (Å²) < 4.78 is 76.8. The van der Waals surface area contributed by atoms with Gasteiger partial charge in [-0.2, -0.15) is 8.78 Å². The lowest BCUT2D eigenvalue weighted by Gasteiger charge is -2.20. The summed E-state index contributed by atoms with van der Waals surface area (Å²) in [6, 6.07) is 7.81. The molecule has 0 unspecified atom stereocenters. The van der Waals surface area contributed by atoms with Crippen LogP contribution in [0, 0.1) is 17.5 Å². The highest BCUT2D eigenvalue weighted by atomic mass is 19.3. The van der Waals surface area contributed by atoms with Gasteiger partial charge in [0.1, 0.15) is 28.5 Å². The number of carbonyl (C=O) groups is 1. The van der Waals surface area contributed by atoms with E-state index in [1.807, 2.05) is 11.9 Å². The summed E-state index contributed by atoms with van der Waals surface area (Å²) in [4.78, 5) is 26.7. The highest BCUT2D eigenvalue weighted by Gasteiger charge is 2.28. The van der Waals surface area contributed by atoms with Crippen LogP contribution in [0.15, 0.2) is 53.5 Å². The molecule has 4 aromatic rings. The summed E-state index contributed by atoms with van der Waals surface area (Å²) in [6.07, 6.45) is 0.709. The van der Waals surface area contributed by atoms with Crippen molar-refractivity contribution in [2.24, 2.45) is 0 Å². The first-order valence-electron chi connectivity index (χ1n) is 10.9. The quantitative estimate of drug-likeness (QED) is 0.364. The van der Waals surface area contributed by atoms with Crippen LogP contribution in [0.5, 0.6) is 5.75 Å². The number of alkyl halides is 2. The van der Waals surface area contributed by atoms with Crippen molar-refractivity contribution in [2.75, 3.05) is 7.05 Å². The van der Waals surface area contributed by atoms with Crippen molar-refractivity contribution in [1.82, 2.24) is 9.47 Å². The predicted molar refractivity (Wildman–Crippen MR) is 124 cm³/mol. The standard InChI is InChI=1S/C26H17F5N2O4/c1-32-9-13-3-2-12(6-14(13)10-32)21-19(29)8-16-22(24(21)37-26(30)31)33(11-17(23(16)34)25(35)36)20-5-4-15(27)7-18(20)28/h2-8,11,26H,9-10H2,1H3,(H,35,36). The average Bonchev–Trinajstić information content (AvgIpc) is 3.18. The molecule has 0 radical (unpaired) electrons. The monoisotopic (exact) mass is 516 g/mol. The first kappa shape index (κ1) is 24.4. The number of hydrogen-bond donors (Lipinski definition) is 1. The van der Waals surface area contributed by atoms with Gasteiger partial charge in [-0.3, -0.25) is 9.69 Å². The lowest BCUT2D eigenvalue weighted by molar-refractivity contribution is -0.0487. The maximum atomic E-state index is 15.6. The normalized spacial score (nSPS) is 13.4. The second-order valence-electron chi connectivity index (χ2n) is 8.64. The van der Waals surface area contributed by atoms with Crippen LogP contribution in [0.3, 0.4) is 0 Å². The molecule has 0 saturated heterocycles. The first-order chi connectivity index (χ1) is 17.5. The molecule has 190 valence electrons. The van der Waals surface area contributed by atoms with E-state index in [4.69, 9.17) is 4.74 Å². The van der Waals surface area contributed by atoms with Gasteiger partial charge in [0.25, 0.3) is 0 Å². The van der Waals surface area contributed by atoms with Gasteiger partial charge in [0, 0.05) is 25.4 Å². The molecule has 3 aromatic carbocycles. The fourth-order valence-electron chi connectivity index (χ4n) is 4.64. The Kier molecular flexibility index (Phi) is 5.95. The number of hydrogen-bond acceptors (Lipinski definition) is 4. The van der Waals surface area contributed by atoms with E-state index in [2.05, 4.69) is 0 Å². The molecule has 0 bridgehead atoms.